The molecule has 3 heterocycles. The number of nitrogens with zero attached hydrogens (tertiary/aromatic N) is 4. The van der Waals surface area contributed by atoms with Crippen LogP contribution in [0.5, 0.6) is 0 Å². The van der Waals surface area contributed by atoms with Crippen molar-refractivity contribution in [3.8, 4) is 22.5 Å². The fraction of sp³-hybridized carbons (Fsp3) is 0.0952. The van der Waals surface area contributed by atoms with Gasteiger partial charge in [0.2, 0.25) is 0 Å². The zero-order chi connectivity index (χ0) is 18.6. The molecule has 134 valence electrons. The number of benzene rings is 1. The molecule has 0 aliphatic heterocycles. The van der Waals surface area contributed by atoms with E-state index in [-0.39, 0.29) is 0 Å². The van der Waals surface area contributed by atoms with Crippen molar-refractivity contribution in [1.29, 1.82) is 0 Å². The lowest BCUT2D eigenvalue weighted by Gasteiger charge is -2.11. The van der Waals surface area contributed by atoms with Gasteiger partial charge in [-0.05, 0) is 51.3 Å². The molecule has 0 spiro atoms. The van der Waals surface area contributed by atoms with E-state index in [0.29, 0.717) is 6.54 Å². The summed E-state index contributed by atoms with van der Waals surface area (Å²) in [4.78, 5) is 9.04. The molecule has 4 rings (SSSR count). The third kappa shape index (κ3) is 4.23. The van der Waals surface area contributed by atoms with Gasteiger partial charge in [0.15, 0.2) is 0 Å². The van der Waals surface area contributed by atoms with E-state index in [1.54, 1.807) is 10.9 Å². The maximum Gasteiger partial charge on any atom is 0.127 e. The zero-order valence-electron chi connectivity index (χ0n) is 14.8. The smallest absolute Gasteiger partial charge is 0.127 e. The molecule has 3 aromatic heterocycles. The van der Waals surface area contributed by atoms with Crippen LogP contribution in [0.25, 0.3) is 22.5 Å². The van der Waals surface area contributed by atoms with E-state index < -0.39 is 0 Å². The molecule has 0 amide bonds. The first kappa shape index (κ1) is 17.4. The molecule has 0 atom stereocenters. The van der Waals surface area contributed by atoms with Crippen LogP contribution < -0.4 is 5.32 Å². The minimum Gasteiger partial charge on any atom is -0.366 e. The number of nitrogens with one attached hydrogen (secondary N) is 1. The van der Waals surface area contributed by atoms with E-state index in [1.165, 1.54) is 5.56 Å². The highest BCUT2D eigenvalue weighted by atomic mass is 79.9. The molecular formula is C21H18BrN5. The van der Waals surface area contributed by atoms with Crippen LogP contribution >= 0.6 is 15.9 Å². The third-order valence-electron chi connectivity index (χ3n) is 4.16. The van der Waals surface area contributed by atoms with Gasteiger partial charge in [-0.25, -0.2) is 4.98 Å². The van der Waals surface area contributed by atoms with Crippen molar-refractivity contribution in [2.45, 2.75) is 6.54 Å². The summed E-state index contributed by atoms with van der Waals surface area (Å²) >= 11 is 3.50. The average Bonchev–Trinajstić information content (AvgIpc) is 3.13. The largest absolute Gasteiger partial charge is 0.366 e. The lowest BCUT2D eigenvalue weighted by molar-refractivity contribution is 0.770. The Morgan fingerprint density at radius 3 is 2.56 bits per heavy atom. The summed E-state index contributed by atoms with van der Waals surface area (Å²) in [7, 11) is 1.90. The summed E-state index contributed by atoms with van der Waals surface area (Å²) in [5.41, 5.74) is 4.92. The summed E-state index contributed by atoms with van der Waals surface area (Å²) in [6.45, 7) is 0.704. The van der Waals surface area contributed by atoms with Gasteiger partial charge in [0.25, 0.3) is 0 Å². The second kappa shape index (κ2) is 7.72. The Labute approximate surface area is 166 Å². The Morgan fingerprint density at radius 2 is 1.81 bits per heavy atom. The van der Waals surface area contributed by atoms with Crippen LogP contribution in [0.2, 0.25) is 0 Å². The van der Waals surface area contributed by atoms with Crippen LogP contribution in [0.1, 0.15) is 5.56 Å². The van der Waals surface area contributed by atoms with E-state index in [1.807, 2.05) is 61.9 Å². The first-order valence-corrected chi connectivity index (χ1v) is 9.37. The molecule has 0 aliphatic carbocycles. The number of halogens is 1. The van der Waals surface area contributed by atoms with Crippen molar-refractivity contribution in [2.24, 2.45) is 7.05 Å². The van der Waals surface area contributed by atoms with Gasteiger partial charge in [-0.2, -0.15) is 5.10 Å². The molecule has 0 aliphatic rings. The highest BCUT2D eigenvalue weighted by Gasteiger charge is 2.10. The molecule has 0 unspecified atom stereocenters. The predicted molar refractivity (Wildman–Crippen MR) is 111 cm³/mol. The summed E-state index contributed by atoms with van der Waals surface area (Å²) < 4.78 is 2.72. The van der Waals surface area contributed by atoms with Crippen LogP contribution in [0.15, 0.2) is 77.7 Å². The SMILES string of the molecule is Cn1ccc(-c2cc(-c3cncc(Br)c3)cc(NCc3ccccc3)n2)n1. The number of hydrogen-bond donors (Lipinski definition) is 1. The first-order chi connectivity index (χ1) is 13.2. The average molecular weight is 420 g/mol. The molecule has 4 aromatic rings. The predicted octanol–water partition coefficient (Wildman–Crippen LogP) is 4.92. The van der Waals surface area contributed by atoms with Gasteiger partial charge in [-0.3, -0.25) is 9.67 Å². The van der Waals surface area contributed by atoms with Gasteiger partial charge in [-0.1, -0.05) is 30.3 Å². The van der Waals surface area contributed by atoms with Crippen molar-refractivity contribution < 1.29 is 0 Å². The fourth-order valence-electron chi connectivity index (χ4n) is 2.83. The van der Waals surface area contributed by atoms with Gasteiger partial charge >= 0.3 is 0 Å². The molecule has 0 radical (unpaired) electrons. The highest BCUT2D eigenvalue weighted by Crippen LogP contribution is 2.28. The quantitative estimate of drug-likeness (QED) is 0.498. The molecule has 0 saturated heterocycles. The Balaban J connectivity index is 1.72. The third-order valence-corrected chi connectivity index (χ3v) is 4.59. The van der Waals surface area contributed by atoms with Crippen LogP contribution in [-0.2, 0) is 13.6 Å². The number of aryl methyl sites for hydroxylation is 1. The standard InChI is InChI=1S/C21H18BrN5/c1-27-8-7-19(26-27)20-10-16(17-9-18(22)14-23-13-17)11-21(25-20)24-12-15-5-3-2-4-6-15/h2-11,13-14H,12H2,1H3,(H,24,25). The second-order valence-electron chi connectivity index (χ2n) is 6.23. The lowest BCUT2D eigenvalue weighted by Crippen LogP contribution is -2.02. The Hall–Kier alpha value is -2.99. The van der Waals surface area contributed by atoms with Crippen molar-refractivity contribution in [3.63, 3.8) is 0 Å². The van der Waals surface area contributed by atoms with Crippen molar-refractivity contribution in [2.75, 3.05) is 5.32 Å². The molecule has 0 saturated carbocycles. The fourth-order valence-corrected chi connectivity index (χ4v) is 3.19. The number of hydrogen-bond acceptors (Lipinski definition) is 4. The summed E-state index contributed by atoms with van der Waals surface area (Å²) in [5.74, 6) is 0.803. The Bertz CT molecular complexity index is 1060. The maximum atomic E-state index is 4.76. The topological polar surface area (TPSA) is 55.6 Å². The monoisotopic (exact) mass is 419 g/mol. The van der Waals surface area contributed by atoms with Crippen molar-refractivity contribution in [3.05, 3.63) is 83.2 Å². The summed E-state index contributed by atoms with van der Waals surface area (Å²) in [6, 6.07) is 18.4. The number of anilines is 1. The summed E-state index contributed by atoms with van der Waals surface area (Å²) in [6.07, 6.45) is 5.55. The van der Waals surface area contributed by atoms with Crippen LogP contribution in [0, 0.1) is 0 Å². The van der Waals surface area contributed by atoms with Crippen LogP contribution in [0.3, 0.4) is 0 Å². The first-order valence-electron chi connectivity index (χ1n) is 8.58. The van der Waals surface area contributed by atoms with Gasteiger partial charge < -0.3 is 5.32 Å². The van der Waals surface area contributed by atoms with E-state index in [4.69, 9.17) is 4.98 Å². The molecule has 5 nitrogen and oxygen atoms in total. The lowest BCUT2D eigenvalue weighted by atomic mass is 10.1. The summed E-state index contributed by atoms with van der Waals surface area (Å²) in [5, 5.41) is 7.92. The minimum absolute atomic E-state index is 0.704. The molecule has 1 aromatic carbocycles. The Morgan fingerprint density at radius 1 is 0.963 bits per heavy atom. The van der Waals surface area contributed by atoms with Gasteiger partial charge in [0.1, 0.15) is 11.5 Å². The second-order valence-corrected chi connectivity index (χ2v) is 7.15. The van der Waals surface area contributed by atoms with Crippen molar-refractivity contribution in [1.82, 2.24) is 19.7 Å². The normalized spacial score (nSPS) is 10.7. The van der Waals surface area contributed by atoms with Gasteiger partial charge in [-0.15, -0.1) is 0 Å². The molecule has 27 heavy (non-hydrogen) atoms. The van der Waals surface area contributed by atoms with Crippen LogP contribution in [0.4, 0.5) is 5.82 Å². The van der Waals surface area contributed by atoms with E-state index in [2.05, 4.69) is 43.5 Å². The van der Waals surface area contributed by atoms with Gasteiger partial charge in [0.05, 0.1) is 5.69 Å². The Kier molecular flexibility index (Phi) is 4.98. The van der Waals surface area contributed by atoms with E-state index >= 15 is 0 Å². The van der Waals surface area contributed by atoms with E-state index in [9.17, 15) is 0 Å². The van der Waals surface area contributed by atoms with Crippen molar-refractivity contribution >= 4 is 21.7 Å². The zero-order valence-corrected chi connectivity index (χ0v) is 16.4. The minimum atomic E-state index is 0.704. The highest BCUT2D eigenvalue weighted by molar-refractivity contribution is 9.10. The molecule has 6 heteroatoms. The molecule has 0 bridgehead atoms. The molecule has 1 N–H and O–H groups in total. The molecular weight excluding hydrogens is 402 g/mol. The maximum absolute atomic E-state index is 4.76. The number of aromatic nitrogens is 4. The number of rotatable bonds is 5. The van der Waals surface area contributed by atoms with Gasteiger partial charge in [0, 0.05) is 42.2 Å². The van der Waals surface area contributed by atoms with E-state index in [0.717, 1.165) is 32.8 Å². The molecule has 0 fully saturated rings. The van der Waals surface area contributed by atoms with Crippen LogP contribution in [-0.4, -0.2) is 19.7 Å². The number of pyridine rings is 2.